The molecule has 0 atom stereocenters. The number of carboxylic acids is 1. The Kier molecular flexibility index (Phi) is 4.28. The molecule has 1 heterocycles. The average Bonchev–Trinajstić information content (AvgIpc) is 2.86. The van der Waals surface area contributed by atoms with Crippen molar-refractivity contribution in [3.63, 3.8) is 0 Å². The normalized spacial score (nSPS) is 10.4. The van der Waals surface area contributed by atoms with Crippen molar-refractivity contribution < 1.29 is 19.4 Å². The number of aryl methyl sites for hydroxylation is 2. The van der Waals surface area contributed by atoms with Gasteiger partial charge in [0.05, 0.1) is 0 Å². The largest absolute Gasteiger partial charge is 0.488 e. The summed E-state index contributed by atoms with van der Waals surface area (Å²) in [6.07, 6.45) is 0. The lowest BCUT2D eigenvalue weighted by atomic mass is 10.1. The number of hydrogen-bond donors (Lipinski definition) is 2. The molecule has 21 heavy (non-hydrogen) atoms. The second-order valence-electron chi connectivity index (χ2n) is 4.66. The van der Waals surface area contributed by atoms with E-state index in [4.69, 9.17) is 15.6 Å². The summed E-state index contributed by atoms with van der Waals surface area (Å²) in [6.45, 7) is 3.97. The summed E-state index contributed by atoms with van der Waals surface area (Å²) in [5.74, 6) is -0.730. The molecule has 0 fully saturated rings. The Bertz CT molecular complexity index is 682. The van der Waals surface area contributed by atoms with Crippen molar-refractivity contribution in [2.45, 2.75) is 20.5 Å². The monoisotopic (exact) mass is 305 g/mol. The zero-order valence-electron chi connectivity index (χ0n) is 11.7. The van der Waals surface area contributed by atoms with Crippen LogP contribution < -0.4 is 10.5 Å². The van der Waals surface area contributed by atoms with E-state index in [-0.39, 0.29) is 11.5 Å². The minimum Gasteiger partial charge on any atom is -0.488 e. The molecule has 0 bridgehead atoms. The van der Waals surface area contributed by atoms with Gasteiger partial charge in [-0.25, -0.2) is 4.79 Å². The van der Waals surface area contributed by atoms with Gasteiger partial charge in [-0.2, -0.15) is 0 Å². The van der Waals surface area contributed by atoms with Crippen LogP contribution in [0.1, 0.15) is 36.0 Å². The predicted molar refractivity (Wildman–Crippen MR) is 80.0 cm³/mol. The van der Waals surface area contributed by atoms with E-state index in [0.717, 1.165) is 16.0 Å². The molecule has 0 saturated carbocycles. The molecular weight excluding hydrogens is 290 g/mol. The van der Waals surface area contributed by atoms with Gasteiger partial charge < -0.3 is 15.6 Å². The summed E-state index contributed by atoms with van der Waals surface area (Å²) in [6, 6.07) is 6.65. The molecule has 2 rings (SSSR count). The maximum atomic E-state index is 11.2. The van der Waals surface area contributed by atoms with Gasteiger partial charge in [-0.05, 0) is 49.2 Å². The first-order valence-electron chi connectivity index (χ1n) is 6.24. The number of rotatable bonds is 5. The molecule has 1 aromatic heterocycles. The SMILES string of the molecule is Cc1cc(C(N)=O)cc(C)c1OCc1ccc(C(=O)O)s1. The summed E-state index contributed by atoms with van der Waals surface area (Å²) in [4.78, 5) is 23.1. The van der Waals surface area contributed by atoms with Gasteiger partial charge in [-0.1, -0.05) is 0 Å². The van der Waals surface area contributed by atoms with E-state index in [2.05, 4.69) is 0 Å². The second-order valence-corrected chi connectivity index (χ2v) is 5.83. The van der Waals surface area contributed by atoms with Crippen LogP contribution >= 0.6 is 11.3 Å². The van der Waals surface area contributed by atoms with Crippen LogP contribution in [0.15, 0.2) is 24.3 Å². The van der Waals surface area contributed by atoms with Crippen LogP contribution in [0.2, 0.25) is 0 Å². The number of hydrogen-bond acceptors (Lipinski definition) is 4. The van der Waals surface area contributed by atoms with Gasteiger partial charge in [0.1, 0.15) is 17.2 Å². The van der Waals surface area contributed by atoms with Gasteiger partial charge in [0.15, 0.2) is 0 Å². The Morgan fingerprint density at radius 1 is 1.24 bits per heavy atom. The van der Waals surface area contributed by atoms with E-state index >= 15 is 0 Å². The minimum absolute atomic E-state index is 0.283. The molecule has 3 N–H and O–H groups in total. The number of carboxylic acid groups (broad SMARTS) is 1. The number of nitrogens with two attached hydrogens (primary N) is 1. The number of primary amides is 1. The third-order valence-corrected chi connectivity index (χ3v) is 4.02. The molecule has 0 aliphatic carbocycles. The van der Waals surface area contributed by atoms with Crippen molar-refractivity contribution in [2.24, 2.45) is 5.73 Å². The Morgan fingerprint density at radius 3 is 2.33 bits per heavy atom. The van der Waals surface area contributed by atoms with Crippen molar-refractivity contribution >= 4 is 23.2 Å². The smallest absolute Gasteiger partial charge is 0.345 e. The average molecular weight is 305 g/mol. The lowest BCUT2D eigenvalue weighted by molar-refractivity contribution is 0.0702. The molecule has 0 aliphatic rings. The van der Waals surface area contributed by atoms with E-state index in [0.29, 0.717) is 11.3 Å². The zero-order chi connectivity index (χ0) is 15.6. The molecule has 1 aromatic carbocycles. The summed E-state index contributed by atoms with van der Waals surface area (Å²) in [5.41, 5.74) is 7.35. The van der Waals surface area contributed by atoms with Crippen LogP contribution in [-0.4, -0.2) is 17.0 Å². The van der Waals surface area contributed by atoms with Crippen molar-refractivity contribution in [2.75, 3.05) is 0 Å². The lowest BCUT2D eigenvalue weighted by Gasteiger charge is -2.12. The van der Waals surface area contributed by atoms with Crippen molar-refractivity contribution in [3.05, 3.63) is 50.7 Å². The number of ether oxygens (including phenoxy) is 1. The third-order valence-electron chi connectivity index (χ3n) is 2.98. The number of benzene rings is 1. The number of amides is 1. The van der Waals surface area contributed by atoms with Gasteiger partial charge in [0.25, 0.3) is 0 Å². The van der Waals surface area contributed by atoms with Gasteiger partial charge in [0.2, 0.25) is 5.91 Å². The number of thiophene rings is 1. The van der Waals surface area contributed by atoms with Crippen LogP contribution in [0, 0.1) is 13.8 Å². The molecule has 1 amide bonds. The predicted octanol–water partition coefficient (Wildman–Crippen LogP) is 2.74. The maximum absolute atomic E-state index is 11.2. The van der Waals surface area contributed by atoms with Crippen LogP contribution in [0.3, 0.4) is 0 Å². The van der Waals surface area contributed by atoms with Crippen LogP contribution in [-0.2, 0) is 6.61 Å². The molecule has 0 aliphatic heterocycles. The Morgan fingerprint density at radius 2 is 1.86 bits per heavy atom. The van der Waals surface area contributed by atoms with E-state index in [1.54, 1.807) is 24.3 Å². The maximum Gasteiger partial charge on any atom is 0.345 e. The summed E-state index contributed by atoms with van der Waals surface area (Å²) >= 11 is 1.18. The second kappa shape index (κ2) is 5.97. The van der Waals surface area contributed by atoms with E-state index in [9.17, 15) is 9.59 Å². The van der Waals surface area contributed by atoms with E-state index in [1.165, 1.54) is 11.3 Å². The molecule has 110 valence electrons. The van der Waals surface area contributed by atoms with Crippen LogP contribution in [0.4, 0.5) is 0 Å². The zero-order valence-corrected chi connectivity index (χ0v) is 12.5. The van der Waals surface area contributed by atoms with Gasteiger partial charge >= 0.3 is 5.97 Å². The number of carbonyl (C=O) groups excluding carboxylic acids is 1. The fourth-order valence-corrected chi connectivity index (χ4v) is 2.79. The molecule has 2 aromatic rings. The highest BCUT2D eigenvalue weighted by Gasteiger charge is 2.11. The van der Waals surface area contributed by atoms with Crippen molar-refractivity contribution in [1.29, 1.82) is 0 Å². The first-order chi connectivity index (χ1) is 9.88. The van der Waals surface area contributed by atoms with E-state index in [1.807, 2.05) is 13.8 Å². The Balaban J connectivity index is 2.16. The molecule has 6 heteroatoms. The highest BCUT2D eigenvalue weighted by molar-refractivity contribution is 7.13. The van der Waals surface area contributed by atoms with Crippen LogP contribution in [0.25, 0.3) is 0 Å². The Hall–Kier alpha value is -2.34. The summed E-state index contributed by atoms with van der Waals surface area (Å²) in [5, 5.41) is 8.88. The first-order valence-corrected chi connectivity index (χ1v) is 7.06. The molecule has 5 nitrogen and oxygen atoms in total. The van der Waals surface area contributed by atoms with Gasteiger partial charge in [-0.3, -0.25) is 4.79 Å². The van der Waals surface area contributed by atoms with Crippen molar-refractivity contribution in [3.8, 4) is 5.75 Å². The summed E-state index contributed by atoms with van der Waals surface area (Å²) in [7, 11) is 0. The van der Waals surface area contributed by atoms with Crippen LogP contribution in [0.5, 0.6) is 5.75 Å². The highest BCUT2D eigenvalue weighted by atomic mass is 32.1. The standard InChI is InChI=1S/C15H15NO4S/c1-8-5-10(14(16)17)6-9(2)13(8)20-7-11-3-4-12(21-11)15(18)19/h3-6H,7H2,1-2H3,(H2,16,17)(H,18,19). The molecule has 0 unspecified atom stereocenters. The van der Waals surface area contributed by atoms with E-state index < -0.39 is 11.9 Å². The Labute approximate surface area is 126 Å². The lowest BCUT2D eigenvalue weighted by Crippen LogP contribution is -2.12. The third kappa shape index (κ3) is 3.41. The fraction of sp³-hybridized carbons (Fsp3) is 0.200. The minimum atomic E-state index is -0.940. The topological polar surface area (TPSA) is 89.6 Å². The molecule has 0 spiro atoms. The summed E-state index contributed by atoms with van der Waals surface area (Å²) < 4.78 is 5.75. The van der Waals surface area contributed by atoms with Gasteiger partial charge in [0, 0.05) is 10.4 Å². The molecule has 0 saturated heterocycles. The first kappa shape index (κ1) is 15.1. The molecule has 0 radical (unpaired) electrons. The number of aromatic carboxylic acids is 1. The highest BCUT2D eigenvalue weighted by Crippen LogP contribution is 2.27. The molecular formula is C15H15NO4S. The van der Waals surface area contributed by atoms with Gasteiger partial charge in [-0.15, -0.1) is 11.3 Å². The quantitative estimate of drug-likeness (QED) is 0.888. The number of carbonyl (C=O) groups is 2. The fourth-order valence-electron chi connectivity index (χ4n) is 2.03. The van der Waals surface area contributed by atoms with Crippen molar-refractivity contribution in [1.82, 2.24) is 0 Å².